The molecule has 0 radical (unpaired) electrons. The lowest BCUT2D eigenvalue weighted by molar-refractivity contribution is 0.0948. The van der Waals surface area contributed by atoms with Gasteiger partial charge in [0.15, 0.2) is 0 Å². The second kappa shape index (κ2) is 5.14. The molecule has 0 spiro atoms. The molecule has 2 N–H and O–H groups in total. The SMILES string of the molecule is Cc1ccc(C(=O)NCc2c(C)noc2C)c(O)c1. The maximum Gasteiger partial charge on any atom is 0.255 e. The number of phenols is 1. The molecule has 1 aromatic carbocycles. The fraction of sp³-hybridized carbons (Fsp3) is 0.286. The second-order valence-corrected chi connectivity index (χ2v) is 4.51. The van der Waals surface area contributed by atoms with Crippen LogP contribution in [0.4, 0.5) is 0 Å². The third-order valence-electron chi connectivity index (χ3n) is 3.00. The van der Waals surface area contributed by atoms with Crippen LogP contribution in [0.1, 0.15) is 32.9 Å². The van der Waals surface area contributed by atoms with Gasteiger partial charge in [-0.15, -0.1) is 0 Å². The Morgan fingerprint density at radius 2 is 2.11 bits per heavy atom. The Hall–Kier alpha value is -2.30. The number of carbonyl (C=O) groups is 1. The Bertz CT molecular complexity index is 598. The molecule has 0 bridgehead atoms. The van der Waals surface area contributed by atoms with Crippen molar-refractivity contribution in [2.45, 2.75) is 27.3 Å². The molecule has 1 aromatic heterocycles. The number of phenolic OH excluding ortho intramolecular Hbond substituents is 1. The summed E-state index contributed by atoms with van der Waals surface area (Å²) in [6, 6.07) is 4.95. The highest BCUT2D eigenvalue weighted by molar-refractivity contribution is 5.96. The van der Waals surface area contributed by atoms with Crippen molar-refractivity contribution in [2.24, 2.45) is 0 Å². The number of hydrogen-bond acceptors (Lipinski definition) is 4. The number of hydrogen-bond donors (Lipinski definition) is 2. The van der Waals surface area contributed by atoms with Gasteiger partial charge in [-0.3, -0.25) is 4.79 Å². The molecule has 0 fully saturated rings. The number of aryl methyl sites for hydroxylation is 3. The molecule has 5 heteroatoms. The van der Waals surface area contributed by atoms with Gasteiger partial charge in [0.1, 0.15) is 11.5 Å². The summed E-state index contributed by atoms with van der Waals surface area (Å²) < 4.78 is 5.02. The standard InChI is InChI=1S/C14H16N2O3/c1-8-4-5-11(13(17)6-8)14(18)15-7-12-9(2)16-19-10(12)3/h4-6,17H,7H2,1-3H3,(H,15,18). The van der Waals surface area contributed by atoms with Crippen molar-refractivity contribution in [1.82, 2.24) is 10.5 Å². The Kier molecular flexibility index (Phi) is 3.55. The number of aromatic nitrogens is 1. The highest BCUT2D eigenvalue weighted by Gasteiger charge is 2.13. The smallest absolute Gasteiger partial charge is 0.255 e. The zero-order valence-corrected chi connectivity index (χ0v) is 11.2. The van der Waals surface area contributed by atoms with Crippen LogP contribution in [-0.4, -0.2) is 16.2 Å². The zero-order chi connectivity index (χ0) is 14.0. The first-order valence-electron chi connectivity index (χ1n) is 5.98. The van der Waals surface area contributed by atoms with Gasteiger partial charge in [0.05, 0.1) is 11.3 Å². The fourth-order valence-corrected chi connectivity index (χ4v) is 1.85. The minimum absolute atomic E-state index is 0.0173. The van der Waals surface area contributed by atoms with Gasteiger partial charge in [-0.25, -0.2) is 0 Å². The van der Waals surface area contributed by atoms with E-state index in [-0.39, 0.29) is 17.2 Å². The van der Waals surface area contributed by atoms with Crippen LogP contribution in [0.5, 0.6) is 5.75 Å². The first-order chi connectivity index (χ1) is 8.99. The van der Waals surface area contributed by atoms with Crippen LogP contribution in [0.3, 0.4) is 0 Å². The predicted octanol–water partition coefficient (Wildman–Crippen LogP) is 2.24. The first kappa shape index (κ1) is 13.1. The van der Waals surface area contributed by atoms with Gasteiger partial charge in [-0.05, 0) is 38.5 Å². The van der Waals surface area contributed by atoms with Gasteiger partial charge >= 0.3 is 0 Å². The van der Waals surface area contributed by atoms with Crippen LogP contribution >= 0.6 is 0 Å². The molecule has 19 heavy (non-hydrogen) atoms. The van der Waals surface area contributed by atoms with E-state index in [2.05, 4.69) is 10.5 Å². The molecule has 0 aliphatic heterocycles. The van der Waals surface area contributed by atoms with Gasteiger partial charge < -0.3 is 14.9 Å². The zero-order valence-electron chi connectivity index (χ0n) is 11.2. The number of benzene rings is 1. The van der Waals surface area contributed by atoms with Crippen molar-refractivity contribution in [3.05, 3.63) is 46.3 Å². The molecule has 2 aromatic rings. The highest BCUT2D eigenvalue weighted by Crippen LogP contribution is 2.18. The van der Waals surface area contributed by atoms with E-state index in [9.17, 15) is 9.90 Å². The number of aromatic hydroxyl groups is 1. The Labute approximate surface area is 111 Å². The molecule has 0 aliphatic carbocycles. The van der Waals surface area contributed by atoms with Gasteiger partial charge in [-0.2, -0.15) is 0 Å². The molecule has 0 atom stereocenters. The van der Waals surface area contributed by atoms with E-state index < -0.39 is 0 Å². The van der Waals surface area contributed by atoms with Crippen LogP contribution in [-0.2, 0) is 6.54 Å². The minimum atomic E-state index is -0.322. The van der Waals surface area contributed by atoms with Gasteiger partial charge in [0, 0.05) is 12.1 Å². The van der Waals surface area contributed by atoms with E-state index in [0.29, 0.717) is 12.3 Å². The third kappa shape index (κ3) is 2.76. The van der Waals surface area contributed by atoms with Gasteiger partial charge in [0.25, 0.3) is 5.91 Å². The molecule has 0 saturated carbocycles. The van der Waals surface area contributed by atoms with Crippen molar-refractivity contribution in [3.63, 3.8) is 0 Å². The number of amides is 1. The van der Waals surface area contributed by atoms with Gasteiger partial charge in [-0.1, -0.05) is 11.2 Å². The highest BCUT2D eigenvalue weighted by atomic mass is 16.5. The molecule has 1 amide bonds. The number of nitrogens with zero attached hydrogens (tertiary/aromatic N) is 1. The van der Waals surface area contributed by atoms with Gasteiger partial charge in [0.2, 0.25) is 0 Å². The minimum Gasteiger partial charge on any atom is -0.507 e. The lowest BCUT2D eigenvalue weighted by atomic mass is 10.1. The quantitative estimate of drug-likeness (QED) is 0.887. The molecule has 2 rings (SSSR count). The number of rotatable bonds is 3. The van der Waals surface area contributed by atoms with E-state index in [4.69, 9.17) is 4.52 Å². The maximum atomic E-state index is 12.0. The Morgan fingerprint density at radius 1 is 1.37 bits per heavy atom. The average Bonchev–Trinajstić information content (AvgIpc) is 2.66. The normalized spacial score (nSPS) is 10.5. The summed E-state index contributed by atoms with van der Waals surface area (Å²) in [5, 5.41) is 16.3. The van der Waals surface area contributed by atoms with E-state index in [1.165, 1.54) is 0 Å². The lowest BCUT2D eigenvalue weighted by Crippen LogP contribution is -2.23. The Morgan fingerprint density at radius 3 is 2.68 bits per heavy atom. The lowest BCUT2D eigenvalue weighted by Gasteiger charge is -2.07. The average molecular weight is 260 g/mol. The largest absolute Gasteiger partial charge is 0.507 e. The molecule has 0 aliphatic rings. The summed E-state index contributed by atoms with van der Waals surface area (Å²) >= 11 is 0. The number of nitrogens with one attached hydrogen (secondary N) is 1. The van der Waals surface area contributed by atoms with Crippen molar-refractivity contribution in [2.75, 3.05) is 0 Å². The maximum absolute atomic E-state index is 12.0. The molecule has 1 heterocycles. The summed E-state index contributed by atoms with van der Waals surface area (Å²) in [5.74, 6) is 0.347. The van der Waals surface area contributed by atoms with E-state index in [1.54, 1.807) is 25.1 Å². The Balaban J connectivity index is 2.10. The van der Waals surface area contributed by atoms with E-state index in [1.807, 2.05) is 13.8 Å². The number of carbonyl (C=O) groups excluding carboxylic acids is 1. The van der Waals surface area contributed by atoms with Crippen LogP contribution in [0.25, 0.3) is 0 Å². The van der Waals surface area contributed by atoms with Crippen LogP contribution < -0.4 is 5.32 Å². The van der Waals surface area contributed by atoms with Crippen molar-refractivity contribution >= 4 is 5.91 Å². The van der Waals surface area contributed by atoms with Crippen LogP contribution in [0.2, 0.25) is 0 Å². The van der Waals surface area contributed by atoms with Crippen LogP contribution in [0.15, 0.2) is 22.7 Å². The molecule has 0 saturated heterocycles. The van der Waals surface area contributed by atoms with E-state index >= 15 is 0 Å². The predicted molar refractivity (Wildman–Crippen MR) is 70.0 cm³/mol. The molecular formula is C14H16N2O3. The van der Waals surface area contributed by atoms with Crippen molar-refractivity contribution in [1.29, 1.82) is 0 Å². The summed E-state index contributed by atoms with van der Waals surface area (Å²) in [4.78, 5) is 12.0. The summed E-state index contributed by atoms with van der Waals surface area (Å²) in [6.07, 6.45) is 0. The topological polar surface area (TPSA) is 75.4 Å². The molecule has 5 nitrogen and oxygen atoms in total. The summed E-state index contributed by atoms with van der Waals surface area (Å²) in [7, 11) is 0. The van der Waals surface area contributed by atoms with E-state index in [0.717, 1.165) is 16.8 Å². The molecule has 100 valence electrons. The first-order valence-corrected chi connectivity index (χ1v) is 5.98. The van der Waals surface area contributed by atoms with Crippen molar-refractivity contribution < 1.29 is 14.4 Å². The summed E-state index contributed by atoms with van der Waals surface area (Å²) in [6.45, 7) is 5.80. The fourth-order valence-electron chi connectivity index (χ4n) is 1.85. The second-order valence-electron chi connectivity index (χ2n) is 4.51. The molecular weight excluding hydrogens is 244 g/mol. The monoisotopic (exact) mass is 260 g/mol. The molecule has 0 unspecified atom stereocenters. The van der Waals surface area contributed by atoms with Crippen molar-refractivity contribution in [3.8, 4) is 5.75 Å². The summed E-state index contributed by atoms with van der Waals surface area (Å²) in [5.41, 5.74) is 2.78. The van der Waals surface area contributed by atoms with Crippen LogP contribution in [0, 0.1) is 20.8 Å². The third-order valence-corrected chi connectivity index (χ3v) is 3.00.